The second-order valence-corrected chi connectivity index (χ2v) is 7.23. The van der Waals surface area contributed by atoms with Crippen LogP contribution in [0.25, 0.3) is 0 Å². The summed E-state index contributed by atoms with van der Waals surface area (Å²) in [4.78, 5) is 13.0. The van der Waals surface area contributed by atoms with E-state index in [1.165, 1.54) is 0 Å². The summed E-state index contributed by atoms with van der Waals surface area (Å²) in [6.07, 6.45) is 6.46. The van der Waals surface area contributed by atoms with Crippen LogP contribution in [0.5, 0.6) is 0 Å². The van der Waals surface area contributed by atoms with Gasteiger partial charge in [-0.25, -0.2) is 0 Å². The Kier molecular flexibility index (Phi) is 4.65. The molecule has 1 atom stereocenters. The number of halogens is 1. The molecule has 1 aliphatic heterocycles. The minimum atomic E-state index is -0.318. The number of hydrogen-bond acceptors (Lipinski definition) is 2. The molecule has 2 fully saturated rings. The summed E-state index contributed by atoms with van der Waals surface area (Å²) in [5.41, 5.74) is 0.844. The lowest BCUT2D eigenvalue weighted by Crippen LogP contribution is -2.51. The molecule has 3 rings (SSSR count). The average Bonchev–Trinajstić information content (AvgIpc) is 2.99. The summed E-state index contributed by atoms with van der Waals surface area (Å²) >= 11 is 3.54. The monoisotopic (exact) mass is 350 g/mol. The Labute approximate surface area is 135 Å². The molecule has 1 unspecified atom stereocenters. The highest BCUT2D eigenvalue weighted by atomic mass is 79.9. The van der Waals surface area contributed by atoms with E-state index in [1.54, 1.807) is 0 Å². The van der Waals surface area contributed by atoms with Gasteiger partial charge in [-0.3, -0.25) is 4.79 Å². The van der Waals surface area contributed by atoms with Crippen molar-refractivity contribution in [2.75, 3.05) is 13.1 Å². The Hall–Kier alpha value is -0.870. The maximum Gasteiger partial charge on any atom is 0.230 e. The highest BCUT2D eigenvalue weighted by molar-refractivity contribution is 9.10. The first-order valence-electron chi connectivity index (χ1n) is 7.98. The number of piperidine rings is 1. The van der Waals surface area contributed by atoms with E-state index >= 15 is 0 Å². The van der Waals surface area contributed by atoms with Crippen LogP contribution < -0.4 is 10.6 Å². The van der Waals surface area contributed by atoms with Gasteiger partial charge < -0.3 is 10.6 Å². The fourth-order valence-electron chi connectivity index (χ4n) is 3.71. The van der Waals surface area contributed by atoms with Gasteiger partial charge in [-0.15, -0.1) is 0 Å². The molecule has 21 heavy (non-hydrogen) atoms. The van der Waals surface area contributed by atoms with E-state index in [2.05, 4.69) is 38.7 Å². The maximum absolute atomic E-state index is 13.0. The highest BCUT2D eigenvalue weighted by Crippen LogP contribution is 2.42. The molecule has 1 aromatic rings. The van der Waals surface area contributed by atoms with Gasteiger partial charge in [0.2, 0.25) is 5.91 Å². The molecule has 1 saturated heterocycles. The minimum absolute atomic E-state index is 0.229. The number of nitrogens with one attached hydrogen (secondary N) is 2. The Morgan fingerprint density at radius 1 is 1.29 bits per heavy atom. The van der Waals surface area contributed by atoms with Crippen LogP contribution in [-0.2, 0) is 10.2 Å². The molecule has 1 heterocycles. The average molecular weight is 351 g/mol. The molecular formula is C17H23BrN2O. The standard InChI is InChI=1S/C17H23BrN2O/c18-14-6-3-5-13(11-14)17(8-1-2-9-17)16(21)20-15-7-4-10-19-12-15/h3,5-6,11,15,19H,1-2,4,7-10,12H2,(H,20,21). The second-order valence-electron chi connectivity index (χ2n) is 6.32. The molecule has 0 spiro atoms. The van der Waals surface area contributed by atoms with E-state index in [4.69, 9.17) is 0 Å². The minimum Gasteiger partial charge on any atom is -0.351 e. The number of hydrogen-bond donors (Lipinski definition) is 2. The van der Waals surface area contributed by atoms with Gasteiger partial charge in [-0.1, -0.05) is 40.9 Å². The Balaban J connectivity index is 1.81. The summed E-state index contributed by atoms with van der Waals surface area (Å²) in [6.45, 7) is 1.98. The van der Waals surface area contributed by atoms with Gasteiger partial charge >= 0.3 is 0 Å². The van der Waals surface area contributed by atoms with Crippen LogP contribution in [0.15, 0.2) is 28.7 Å². The lowest BCUT2D eigenvalue weighted by atomic mass is 9.77. The zero-order chi connectivity index (χ0) is 14.7. The first-order chi connectivity index (χ1) is 10.2. The maximum atomic E-state index is 13.0. The fraction of sp³-hybridized carbons (Fsp3) is 0.588. The summed E-state index contributed by atoms with van der Waals surface area (Å²) in [5, 5.41) is 6.67. The van der Waals surface area contributed by atoms with E-state index in [9.17, 15) is 4.79 Å². The molecule has 1 saturated carbocycles. The summed E-state index contributed by atoms with van der Waals surface area (Å²) in [7, 11) is 0. The van der Waals surface area contributed by atoms with E-state index in [1.807, 2.05) is 12.1 Å². The first kappa shape index (κ1) is 15.0. The molecule has 4 heteroatoms. The normalized spacial score (nSPS) is 24.7. The van der Waals surface area contributed by atoms with Gasteiger partial charge in [0.1, 0.15) is 0 Å². The quantitative estimate of drug-likeness (QED) is 0.879. The molecule has 2 N–H and O–H groups in total. The van der Waals surface area contributed by atoms with Crippen molar-refractivity contribution in [2.24, 2.45) is 0 Å². The van der Waals surface area contributed by atoms with Crippen LogP contribution in [0.1, 0.15) is 44.1 Å². The van der Waals surface area contributed by atoms with Crippen molar-refractivity contribution >= 4 is 21.8 Å². The van der Waals surface area contributed by atoms with Crippen molar-refractivity contribution in [3.8, 4) is 0 Å². The molecule has 3 nitrogen and oxygen atoms in total. The van der Waals surface area contributed by atoms with Gasteiger partial charge in [-0.05, 0) is 49.9 Å². The van der Waals surface area contributed by atoms with Gasteiger partial charge in [-0.2, -0.15) is 0 Å². The number of carbonyl (C=O) groups is 1. The molecule has 0 aromatic heterocycles. The number of rotatable bonds is 3. The van der Waals surface area contributed by atoms with E-state index in [-0.39, 0.29) is 17.4 Å². The predicted octanol–water partition coefficient (Wildman–Crippen LogP) is 3.13. The lowest BCUT2D eigenvalue weighted by molar-refractivity contribution is -0.127. The topological polar surface area (TPSA) is 41.1 Å². The van der Waals surface area contributed by atoms with Crippen molar-refractivity contribution in [1.29, 1.82) is 0 Å². The summed E-state index contributed by atoms with van der Waals surface area (Å²) in [6, 6.07) is 8.57. The van der Waals surface area contributed by atoms with E-state index in [0.717, 1.165) is 61.7 Å². The van der Waals surface area contributed by atoms with Gasteiger partial charge in [0.05, 0.1) is 5.41 Å². The SMILES string of the molecule is O=C(NC1CCCNC1)C1(c2cccc(Br)c2)CCCC1. The molecule has 2 aliphatic rings. The number of amides is 1. The van der Waals surface area contributed by atoms with Gasteiger partial charge in [0, 0.05) is 17.1 Å². The highest BCUT2D eigenvalue weighted by Gasteiger charge is 2.43. The Morgan fingerprint density at radius 3 is 2.76 bits per heavy atom. The zero-order valence-electron chi connectivity index (χ0n) is 12.3. The third-order valence-electron chi connectivity index (χ3n) is 4.90. The van der Waals surface area contributed by atoms with Crippen molar-refractivity contribution in [3.63, 3.8) is 0 Å². The Bertz CT molecular complexity index is 505. The smallest absolute Gasteiger partial charge is 0.230 e. The second kappa shape index (κ2) is 6.49. The van der Waals surface area contributed by atoms with Crippen LogP contribution in [0, 0.1) is 0 Å². The van der Waals surface area contributed by atoms with Crippen molar-refractivity contribution in [1.82, 2.24) is 10.6 Å². The largest absolute Gasteiger partial charge is 0.351 e. The molecule has 0 bridgehead atoms. The molecule has 1 amide bonds. The molecule has 1 aliphatic carbocycles. The third kappa shape index (κ3) is 3.16. The van der Waals surface area contributed by atoms with Crippen molar-refractivity contribution < 1.29 is 4.79 Å². The van der Waals surface area contributed by atoms with Crippen LogP contribution in [0.3, 0.4) is 0 Å². The predicted molar refractivity (Wildman–Crippen MR) is 88.3 cm³/mol. The van der Waals surface area contributed by atoms with Gasteiger partial charge in [0.15, 0.2) is 0 Å². The first-order valence-corrected chi connectivity index (χ1v) is 8.78. The third-order valence-corrected chi connectivity index (χ3v) is 5.39. The zero-order valence-corrected chi connectivity index (χ0v) is 13.9. The number of carbonyl (C=O) groups excluding carboxylic acids is 1. The molecule has 114 valence electrons. The Morgan fingerprint density at radius 2 is 2.10 bits per heavy atom. The van der Waals surface area contributed by atoms with E-state index < -0.39 is 0 Å². The van der Waals surface area contributed by atoms with Crippen LogP contribution >= 0.6 is 15.9 Å². The molecule has 1 aromatic carbocycles. The summed E-state index contributed by atoms with van der Waals surface area (Å²) < 4.78 is 1.05. The lowest BCUT2D eigenvalue weighted by Gasteiger charge is -2.32. The van der Waals surface area contributed by atoms with Crippen LogP contribution in [-0.4, -0.2) is 25.0 Å². The van der Waals surface area contributed by atoms with Crippen LogP contribution in [0.4, 0.5) is 0 Å². The van der Waals surface area contributed by atoms with E-state index in [0.29, 0.717) is 0 Å². The molecular weight excluding hydrogens is 328 g/mol. The summed E-state index contributed by atoms with van der Waals surface area (Å²) in [5.74, 6) is 0.229. The van der Waals surface area contributed by atoms with Gasteiger partial charge in [0.25, 0.3) is 0 Å². The fourth-order valence-corrected chi connectivity index (χ4v) is 4.11. The van der Waals surface area contributed by atoms with Crippen molar-refractivity contribution in [2.45, 2.75) is 50.0 Å². The molecule has 0 radical (unpaired) electrons. The number of benzene rings is 1. The van der Waals surface area contributed by atoms with Crippen LogP contribution in [0.2, 0.25) is 0 Å². The van der Waals surface area contributed by atoms with Crippen molar-refractivity contribution in [3.05, 3.63) is 34.3 Å².